The maximum absolute atomic E-state index is 4.18. The first kappa shape index (κ1) is 12.8. The maximum atomic E-state index is 4.18. The third-order valence-corrected chi connectivity index (χ3v) is 3.22. The Kier molecular flexibility index (Phi) is 6.03. The van der Waals surface area contributed by atoms with E-state index in [0.29, 0.717) is 5.25 Å². The summed E-state index contributed by atoms with van der Waals surface area (Å²) in [6.07, 6.45) is 1.10. The molecule has 0 saturated carbocycles. The molecule has 1 aromatic carbocycles. The molecular formula is C12H19NS2. The van der Waals surface area contributed by atoms with Gasteiger partial charge >= 0.3 is 0 Å². The van der Waals surface area contributed by atoms with Crippen LogP contribution in [0.15, 0.2) is 29.2 Å². The summed E-state index contributed by atoms with van der Waals surface area (Å²) in [5.74, 6) is 0.939. The number of hydrogen-bond donors (Lipinski definition) is 2. The highest BCUT2D eigenvalue weighted by molar-refractivity contribution is 7.99. The summed E-state index contributed by atoms with van der Waals surface area (Å²) in [4.78, 5) is 1.34. The SMILES string of the molecule is CC(C)Sc1ccc(NCCCS)cc1. The molecule has 0 aliphatic heterocycles. The molecule has 0 spiro atoms. The fourth-order valence-electron chi connectivity index (χ4n) is 1.24. The lowest BCUT2D eigenvalue weighted by molar-refractivity contribution is 0.995. The van der Waals surface area contributed by atoms with Gasteiger partial charge in [0.1, 0.15) is 0 Å². The predicted octanol–water partition coefficient (Wildman–Crippen LogP) is 3.92. The van der Waals surface area contributed by atoms with Crippen molar-refractivity contribution in [2.45, 2.75) is 30.4 Å². The number of benzene rings is 1. The number of hydrogen-bond acceptors (Lipinski definition) is 3. The summed E-state index contributed by atoms with van der Waals surface area (Å²) in [5.41, 5.74) is 1.20. The molecule has 1 aromatic rings. The van der Waals surface area contributed by atoms with Crippen molar-refractivity contribution in [2.24, 2.45) is 0 Å². The molecule has 0 fully saturated rings. The second kappa shape index (κ2) is 7.07. The maximum Gasteiger partial charge on any atom is 0.0340 e. The molecule has 0 aliphatic carbocycles. The number of thiol groups is 1. The van der Waals surface area contributed by atoms with E-state index < -0.39 is 0 Å². The third-order valence-electron chi connectivity index (χ3n) is 1.89. The zero-order chi connectivity index (χ0) is 11.1. The first-order chi connectivity index (χ1) is 7.22. The number of thioether (sulfide) groups is 1. The van der Waals surface area contributed by atoms with Crippen LogP contribution in [0.3, 0.4) is 0 Å². The Morgan fingerprint density at radius 1 is 1.27 bits per heavy atom. The molecule has 0 saturated heterocycles. The molecule has 0 aromatic heterocycles. The Bertz CT molecular complexity index is 269. The van der Waals surface area contributed by atoms with Crippen molar-refractivity contribution in [2.75, 3.05) is 17.6 Å². The Hall–Kier alpha value is -0.280. The van der Waals surface area contributed by atoms with Crippen LogP contribution < -0.4 is 5.32 Å². The van der Waals surface area contributed by atoms with Crippen LogP contribution in [0.5, 0.6) is 0 Å². The molecule has 84 valence electrons. The summed E-state index contributed by atoms with van der Waals surface area (Å²) in [6.45, 7) is 5.42. The molecule has 0 bridgehead atoms. The van der Waals surface area contributed by atoms with Crippen molar-refractivity contribution in [3.8, 4) is 0 Å². The Balaban J connectivity index is 2.42. The van der Waals surface area contributed by atoms with Crippen molar-refractivity contribution < 1.29 is 0 Å². The second-order valence-electron chi connectivity index (χ2n) is 3.69. The number of nitrogens with one attached hydrogen (secondary N) is 1. The van der Waals surface area contributed by atoms with Gasteiger partial charge in [0.25, 0.3) is 0 Å². The lowest BCUT2D eigenvalue weighted by Gasteiger charge is -2.07. The Morgan fingerprint density at radius 3 is 2.47 bits per heavy atom. The third kappa shape index (κ3) is 5.38. The summed E-state index contributed by atoms with van der Waals surface area (Å²) in [5, 5.41) is 4.01. The molecule has 0 aliphatic rings. The molecule has 1 rings (SSSR count). The van der Waals surface area contributed by atoms with Gasteiger partial charge in [0.2, 0.25) is 0 Å². The van der Waals surface area contributed by atoms with Crippen LogP contribution in [0.2, 0.25) is 0 Å². The normalized spacial score (nSPS) is 10.7. The topological polar surface area (TPSA) is 12.0 Å². The average molecular weight is 241 g/mol. The Labute approximate surface area is 102 Å². The molecule has 0 heterocycles. The van der Waals surface area contributed by atoms with E-state index in [9.17, 15) is 0 Å². The van der Waals surface area contributed by atoms with Gasteiger partial charge in [-0.15, -0.1) is 11.8 Å². The van der Waals surface area contributed by atoms with Gasteiger partial charge in [-0.1, -0.05) is 13.8 Å². The van der Waals surface area contributed by atoms with Crippen LogP contribution in [0.25, 0.3) is 0 Å². The predicted molar refractivity (Wildman–Crippen MR) is 74.4 cm³/mol. The van der Waals surface area contributed by atoms with Gasteiger partial charge in [0.15, 0.2) is 0 Å². The summed E-state index contributed by atoms with van der Waals surface area (Å²) < 4.78 is 0. The van der Waals surface area contributed by atoms with E-state index in [1.54, 1.807) is 0 Å². The standard InChI is InChI=1S/C12H19NS2/c1-10(2)15-12-6-4-11(5-7-12)13-8-3-9-14/h4-7,10,13-14H,3,8-9H2,1-2H3. The fraction of sp³-hybridized carbons (Fsp3) is 0.500. The van der Waals surface area contributed by atoms with Gasteiger partial charge in [-0.3, -0.25) is 0 Å². The minimum atomic E-state index is 0.646. The van der Waals surface area contributed by atoms with Crippen molar-refractivity contribution in [3.05, 3.63) is 24.3 Å². The van der Waals surface area contributed by atoms with Crippen molar-refractivity contribution in [1.29, 1.82) is 0 Å². The minimum Gasteiger partial charge on any atom is -0.385 e. The molecule has 0 radical (unpaired) electrons. The molecule has 0 amide bonds. The smallest absolute Gasteiger partial charge is 0.0340 e. The number of anilines is 1. The Morgan fingerprint density at radius 2 is 1.93 bits per heavy atom. The molecular weight excluding hydrogens is 222 g/mol. The van der Waals surface area contributed by atoms with Crippen molar-refractivity contribution in [1.82, 2.24) is 0 Å². The van der Waals surface area contributed by atoms with Crippen LogP contribution in [-0.2, 0) is 0 Å². The van der Waals surface area contributed by atoms with Crippen LogP contribution in [0.1, 0.15) is 20.3 Å². The van der Waals surface area contributed by atoms with Gasteiger partial charge in [-0.2, -0.15) is 12.6 Å². The van der Waals surface area contributed by atoms with Crippen LogP contribution >= 0.6 is 24.4 Å². The molecule has 1 N–H and O–H groups in total. The van der Waals surface area contributed by atoms with E-state index in [1.807, 2.05) is 11.8 Å². The minimum absolute atomic E-state index is 0.646. The molecule has 0 unspecified atom stereocenters. The quantitative estimate of drug-likeness (QED) is 0.445. The number of rotatable bonds is 6. The zero-order valence-corrected chi connectivity index (χ0v) is 11.1. The van der Waals surface area contributed by atoms with Gasteiger partial charge in [-0.05, 0) is 36.4 Å². The van der Waals surface area contributed by atoms with E-state index in [0.717, 1.165) is 18.7 Å². The average Bonchev–Trinajstić information content (AvgIpc) is 2.20. The van der Waals surface area contributed by atoms with E-state index in [4.69, 9.17) is 0 Å². The van der Waals surface area contributed by atoms with E-state index in [2.05, 4.69) is 56.1 Å². The van der Waals surface area contributed by atoms with Gasteiger partial charge in [0.05, 0.1) is 0 Å². The summed E-state index contributed by atoms with van der Waals surface area (Å²) in [6, 6.07) is 8.63. The highest BCUT2D eigenvalue weighted by Crippen LogP contribution is 2.24. The monoisotopic (exact) mass is 241 g/mol. The van der Waals surface area contributed by atoms with Crippen LogP contribution in [0.4, 0.5) is 5.69 Å². The van der Waals surface area contributed by atoms with Gasteiger partial charge in [0, 0.05) is 22.4 Å². The molecule has 1 nitrogen and oxygen atoms in total. The zero-order valence-electron chi connectivity index (χ0n) is 9.36. The van der Waals surface area contributed by atoms with Crippen molar-refractivity contribution >= 4 is 30.1 Å². The molecule has 15 heavy (non-hydrogen) atoms. The van der Waals surface area contributed by atoms with Gasteiger partial charge in [-0.25, -0.2) is 0 Å². The second-order valence-corrected chi connectivity index (χ2v) is 5.79. The summed E-state index contributed by atoms with van der Waals surface area (Å²) in [7, 11) is 0. The first-order valence-corrected chi connectivity index (χ1v) is 6.85. The van der Waals surface area contributed by atoms with Crippen LogP contribution in [0, 0.1) is 0 Å². The molecule has 0 atom stereocenters. The first-order valence-electron chi connectivity index (χ1n) is 5.34. The van der Waals surface area contributed by atoms with E-state index in [-0.39, 0.29) is 0 Å². The summed E-state index contributed by atoms with van der Waals surface area (Å²) >= 11 is 6.07. The van der Waals surface area contributed by atoms with Crippen LogP contribution in [-0.4, -0.2) is 17.5 Å². The van der Waals surface area contributed by atoms with E-state index in [1.165, 1.54) is 10.6 Å². The van der Waals surface area contributed by atoms with E-state index >= 15 is 0 Å². The van der Waals surface area contributed by atoms with Crippen molar-refractivity contribution in [3.63, 3.8) is 0 Å². The van der Waals surface area contributed by atoms with Gasteiger partial charge < -0.3 is 5.32 Å². The highest BCUT2D eigenvalue weighted by Gasteiger charge is 1.97. The molecule has 3 heteroatoms. The lowest BCUT2D eigenvalue weighted by Crippen LogP contribution is -2.01. The largest absolute Gasteiger partial charge is 0.385 e. The fourth-order valence-corrected chi connectivity index (χ4v) is 2.23. The lowest BCUT2D eigenvalue weighted by atomic mass is 10.3. The highest BCUT2D eigenvalue weighted by atomic mass is 32.2.